The lowest BCUT2D eigenvalue weighted by Crippen LogP contribution is -2.15. The lowest BCUT2D eigenvalue weighted by atomic mass is 10.2. The Kier molecular flexibility index (Phi) is 2.64. The van der Waals surface area contributed by atoms with Crippen molar-refractivity contribution in [2.24, 2.45) is 0 Å². The number of esters is 1. The van der Waals surface area contributed by atoms with Crippen LogP contribution in [0.4, 0.5) is 0 Å². The number of aromatic hydroxyl groups is 1. The Morgan fingerprint density at radius 1 is 1.38 bits per heavy atom. The summed E-state index contributed by atoms with van der Waals surface area (Å²) in [5.74, 6) is -1.59. The van der Waals surface area contributed by atoms with Crippen LogP contribution in [-0.4, -0.2) is 24.0 Å². The van der Waals surface area contributed by atoms with E-state index in [4.69, 9.17) is 5.11 Å². The number of methoxy groups -OCH3 is 1. The fourth-order valence-electron chi connectivity index (χ4n) is 0.823. The van der Waals surface area contributed by atoms with Gasteiger partial charge in [0.1, 0.15) is 5.75 Å². The average Bonchev–Trinajstić information content (AvgIpc) is 2.17. The van der Waals surface area contributed by atoms with Crippen LogP contribution in [0.1, 0.15) is 10.4 Å². The number of benzene rings is 1. The second-order valence-electron chi connectivity index (χ2n) is 2.37. The van der Waals surface area contributed by atoms with Gasteiger partial charge in [-0.3, -0.25) is 4.79 Å². The van der Waals surface area contributed by atoms with Crippen molar-refractivity contribution in [2.75, 3.05) is 7.11 Å². The number of rotatable bonds is 2. The molecule has 1 aromatic carbocycles. The summed E-state index contributed by atoms with van der Waals surface area (Å²) in [7, 11) is 1.14. The van der Waals surface area contributed by atoms with Crippen molar-refractivity contribution in [1.82, 2.24) is 0 Å². The van der Waals surface area contributed by atoms with Crippen LogP contribution in [0.5, 0.6) is 5.75 Å². The van der Waals surface area contributed by atoms with Gasteiger partial charge >= 0.3 is 5.97 Å². The van der Waals surface area contributed by atoms with E-state index in [-0.39, 0.29) is 11.3 Å². The minimum absolute atomic E-state index is 0.0430. The summed E-state index contributed by atoms with van der Waals surface area (Å²) >= 11 is 0. The van der Waals surface area contributed by atoms with Gasteiger partial charge in [-0.2, -0.15) is 0 Å². The number of Topliss-reactive ketones (excluding diaryl/α,β-unsaturated/α-hetero) is 1. The Balaban J connectivity index is 2.90. The van der Waals surface area contributed by atoms with E-state index in [1.165, 1.54) is 24.3 Å². The summed E-state index contributed by atoms with van der Waals surface area (Å²) in [6, 6.07) is 5.37. The van der Waals surface area contributed by atoms with E-state index in [1.54, 1.807) is 0 Å². The van der Waals surface area contributed by atoms with Gasteiger partial charge in [0.05, 0.1) is 7.11 Å². The third kappa shape index (κ3) is 2.05. The summed E-state index contributed by atoms with van der Waals surface area (Å²) in [6.07, 6.45) is 0. The van der Waals surface area contributed by atoms with Gasteiger partial charge < -0.3 is 9.84 Å². The van der Waals surface area contributed by atoms with Crippen molar-refractivity contribution >= 4 is 11.8 Å². The van der Waals surface area contributed by atoms with E-state index >= 15 is 0 Å². The maximum absolute atomic E-state index is 11.1. The Bertz CT molecular complexity index is 326. The average molecular weight is 182 g/mol. The van der Waals surface area contributed by atoms with Gasteiger partial charge in [0.2, 0.25) is 0 Å². The smallest absolute Gasteiger partial charge is 0.379 e. The fraction of sp³-hybridized carbons (Fsp3) is 0.111. The van der Waals surface area contributed by atoms with E-state index < -0.39 is 11.8 Å². The van der Waals surface area contributed by atoms with E-state index in [2.05, 4.69) is 4.74 Å². The largest absolute Gasteiger partial charge is 0.508 e. The molecule has 0 heterocycles. The molecular weight excluding hydrogens is 174 g/mol. The first-order chi connectivity index (χ1) is 6.15. The van der Waals surface area contributed by atoms with Crippen molar-refractivity contribution in [2.45, 2.75) is 0 Å². The molecule has 0 radical (unpaired) electrons. The van der Waals surface area contributed by atoms with Crippen LogP contribution in [0.15, 0.2) is 24.3 Å². The van der Waals surface area contributed by atoms with Crippen LogP contribution in [0.3, 0.4) is 0 Å². The quantitative estimate of drug-likeness (QED) is 0.416. The normalized spacial score (nSPS) is 9.31. The maximum Gasteiger partial charge on any atom is 0.379 e. The molecule has 0 fully saturated rings. The Morgan fingerprint density at radius 2 is 1.92 bits per heavy atom. The van der Waals surface area contributed by atoms with Crippen LogP contribution in [0.2, 0.25) is 0 Å². The molecule has 13 heavy (non-hydrogen) atoms. The number of ether oxygens (including phenoxy) is 1. The predicted octanol–water partition coefficient (Wildman–Crippen LogP) is 0.748. The Hall–Kier alpha value is -1.84. The van der Waals surface area contributed by atoms with Gasteiger partial charge in [-0.25, -0.2) is 4.79 Å². The zero-order valence-corrected chi connectivity index (χ0v) is 6.98. The molecule has 1 aromatic rings. The number of phenols is 1. The van der Waals surface area contributed by atoms with Gasteiger partial charge in [0, 0.05) is 5.56 Å². The fourth-order valence-corrected chi connectivity index (χ4v) is 0.823. The van der Waals surface area contributed by atoms with Gasteiger partial charge in [0.25, 0.3) is 5.78 Å². The predicted molar refractivity (Wildman–Crippen MR) is 44.5 cm³/mol. The molecule has 0 aliphatic rings. The van der Waals surface area contributed by atoms with E-state index in [0.717, 1.165) is 7.11 Å². The highest BCUT2D eigenvalue weighted by atomic mass is 16.8. The van der Waals surface area contributed by atoms with Gasteiger partial charge in [-0.1, -0.05) is 0 Å². The molecule has 0 saturated heterocycles. The van der Waals surface area contributed by atoms with Crippen LogP contribution in [0, 0.1) is 0 Å². The van der Waals surface area contributed by atoms with Crippen molar-refractivity contribution in [1.29, 1.82) is 0 Å². The van der Waals surface area contributed by atoms with Crippen molar-refractivity contribution in [3.63, 3.8) is 0 Å². The lowest BCUT2D eigenvalue weighted by Gasteiger charge is -1.98. The number of hydrogen-bond donors (Lipinski definition) is 1. The number of carbonyl (C=O) groups excluding carboxylic acids is 2. The first-order valence-electron chi connectivity index (χ1n) is 3.57. The summed E-state index contributed by atoms with van der Waals surface area (Å²) < 4.78 is 4.25. The molecule has 0 aliphatic carbocycles. The molecule has 0 amide bonds. The topological polar surface area (TPSA) is 63.6 Å². The molecule has 1 rings (SSSR count). The summed E-state index contributed by atoms with van der Waals surface area (Å²) in [5.41, 5.74) is 0.199. The molecule has 1 N–H and O–H groups in total. The third-order valence-electron chi connectivity index (χ3n) is 1.50. The molecule has 0 unspecified atom stereocenters. The summed E-state index contributed by atoms with van der Waals surface area (Å²) in [4.78, 5) is 21.9. The molecule has 0 atom stereocenters. The SMILES string of the molecule is CO[14C](=O)C(=O)c1ccc(O)cc1. The zero-order chi connectivity index (χ0) is 9.84. The highest BCUT2D eigenvalue weighted by Gasteiger charge is 2.15. The Labute approximate surface area is 74.8 Å². The van der Waals surface area contributed by atoms with Crippen molar-refractivity contribution in [3.05, 3.63) is 29.8 Å². The van der Waals surface area contributed by atoms with Crippen LogP contribution in [0.25, 0.3) is 0 Å². The number of ketones is 1. The minimum Gasteiger partial charge on any atom is -0.508 e. The number of hydrogen-bond acceptors (Lipinski definition) is 4. The second-order valence-corrected chi connectivity index (χ2v) is 2.37. The van der Waals surface area contributed by atoms with Crippen LogP contribution >= 0.6 is 0 Å². The maximum atomic E-state index is 11.1. The summed E-state index contributed by atoms with van der Waals surface area (Å²) in [5, 5.41) is 8.91. The molecule has 0 aliphatic heterocycles. The highest BCUT2D eigenvalue weighted by Crippen LogP contribution is 2.10. The molecular formula is C9H8O4. The van der Waals surface area contributed by atoms with Gasteiger partial charge in [0.15, 0.2) is 0 Å². The Morgan fingerprint density at radius 3 is 2.38 bits per heavy atom. The van der Waals surface area contributed by atoms with Gasteiger partial charge in [-0.15, -0.1) is 0 Å². The third-order valence-corrected chi connectivity index (χ3v) is 1.50. The van der Waals surface area contributed by atoms with E-state index in [9.17, 15) is 9.59 Å². The molecule has 0 aromatic heterocycles. The monoisotopic (exact) mass is 182 g/mol. The molecule has 0 bridgehead atoms. The van der Waals surface area contributed by atoms with Crippen molar-refractivity contribution < 1.29 is 19.4 Å². The minimum atomic E-state index is -0.911. The van der Waals surface area contributed by atoms with E-state index in [1.807, 2.05) is 0 Å². The zero-order valence-electron chi connectivity index (χ0n) is 6.98. The molecule has 4 nitrogen and oxygen atoms in total. The number of carbonyl (C=O) groups is 2. The van der Waals surface area contributed by atoms with E-state index in [0.29, 0.717) is 0 Å². The standard InChI is InChI=1S/C9H8O4/c1-13-9(12)8(11)6-2-4-7(10)5-3-6/h2-5,10H,1H3/i9+2. The second kappa shape index (κ2) is 3.71. The molecule has 0 spiro atoms. The summed E-state index contributed by atoms with van der Waals surface area (Å²) in [6.45, 7) is 0. The molecule has 0 saturated carbocycles. The first kappa shape index (κ1) is 9.25. The first-order valence-corrected chi connectivity index (χ1v) is 3.57. The van der Waals surface area contributed by atoms with Crippen LogP contribution in [-0.2, 0) is 9.53 Å². The molecule has 68 valence electrons. The van der Waals surface area contributed by atoms with Crippen molar-refractivity contribution in [3.8, 4) is 5.75 Å². The lowest BCUT2D eigenvalue weighted by molar-refractivity contribution is -0.135. The molecule has 4 heteroatoms. The highest BCUT2D eigenvalue weighted by molar-refractivity contribution is 6.40. The van der Waals surface area contributed by atoms with Crippen LogP contribution < -0.4 is 0 Å². The number of phenolic OH excluding ortho intramolecular Hbond substituents is 1. The van der Waals surface area contributed by atoms with Gasteiger partial charge in [-0.05, 0) is 24.3 Å².